The lowest BCUT2D eigenvalue weighted by Crippen LogP contribution is -2.42. The molecule has 0 N–H and O–H groups in total. The van der Waals surface area contributed by atoms with Crippen molar-refractivity contribution >= 4 is 0 Å². The summed E-state index contributed by atoms with van der Waals surface area (Å²) in [7, 11) is 0. The summed E-state index contributed by atoms with van der Waals surface area (Å²) in [5.74, 6) is 0.646. The smallest absolute Gasteiger partial charge is 0.213 e. The van der Waals surface area contributed by atoms with Crippen LogP contribution in [-0.2, 0) is 24.3 Å². The summed E-state index contributed by atoms with van der Waals surface area (Å²) in [6.45, 7) is 8.05. The fourth-order valence-electron chi connectivity index (χ4n) is 4.36. The van der Waals surface area contributed by atoms with Crippen LogP contribution in [-0.4, -0.2) is 55.7 Å². The van der Waals surface area contributed by atoms with E-state index in [-0.39, 0.29) is 0 Å². The van der Waals surface area contributed by atoms with Gasteiger partial charge in [0.1, 0.15) is 12.3 Å². The van der Waals surface area contributed by atoms with Gasteiger partial charge in [-0.25, -0.2) is 9.67 Å². The van der Waals surface area contributed by atoms with Crippen LogP contribution in [0.4, 0.5) is 0 Å². The van der Waals surface area contributed by atoms with E-state index in [1.165, 1.54) is 11.1 Å². The largest absolute Gasteiger partial charge is 0.471 e. The SMILES string of the molecule is Cc1ccc(-n2nnc(C)c2COc2cc3c(cn2)CN(C2CCOCC2)CC3)cn1. The van der Waals surface area contributed by atoms with Crippen molar-refractivity contribution in [1.29, 1.82) is 0 Å². The third-order valence-corrected chi connectivity index (χ3v) is 6.26. The van der Waals surface area contributed by atoms with Gasteiger partial charge in [0.2, 0.25) is 5.88 Å². The summed E-state index contributed by atoms with van der Waals surface area (Å²) >= 11 is 0. The van der Waals surface area contributed by atoms with Crippen molar-refractivity contribution in [2.24, 2.45) is 0 Å². The van der Waals surface area contributed by atoms with Gasteiger partial charge in [-0.3, -0.25) is 9.88 Å². The van der Waals surface area contributed by atoms with Gasteiger partial charge in [-0.15, -0.1) is 5.10 Å². The normalized spacial score (nSPS) is 17.5. The Bertz CT molecular complexity index is 1040. The van der Waals surface area contributed by atoms with Crippen LogP contribution in [0.25, 0.3) is 5.69 Å². The van der Waals surface area contributed by atoms with Gasteiger partial charge in [-0.1, -0.05) is 5.21 Å². The highest BCUT2D eigenvalue weighted by Gasteiger charge is 2.25. The molecule has 0 spiro atoms. The lowest BCUT2D eigenvalue weighted by atomic mass is 9.98. The summed E-state index contributed by atoms with van der Waals surface area (Å²) in [4.78, 5) is 11.5. The molecule has 0 radical (unpaired) electrons. The monoisotopic (exact) mass is 420 g/mol. The van der Waals surface area contributed by atoms with E-state index >= 15 is 0 Å². The highest BCUT2D eigenvalue weighted by molar-refractivity contribution is 5.33. The molecule has 5 rings (SSSR count). The number of hydrogen-bond donors (Lipinski definition) is 0. The number of ether oxygens (including phenoxy) is 2. The molecule has 0 atom stereocenters. The Hall–Kier alpha value is -2.84. The molecule has 1 fully saturated rings. The second-order valence-electron chi connectivity index (χ2n) is 8.34. The van der Waals surface area contributed by atoms with E-state index < -0.39 is 0 Å². The van der Waals surface area contributed by atoms with Gasteiger partial charge < -0.3 is 9.47 Å². The average Bonchev–Trinajstić information content (AvgIpc) is 3.18. The van der Waals surface area contributed by atoms with Crippen LogP contribution in [0.2, 0.25) is 0 Å². The Morgan fingerprint density at radius 3 is 2.77 bits per heavy atom. The molecule has 0 bridgehead atoms. The van der Waals surface area contributed by atoms with E-state index in [0.717, 1.165) is 68.3 Å². The number of aromatic nitrogens is 5. The molecule has 0 amide bonds. The minimum Gasteiger partial charge on any atom is -0.471 e. The quantitative estimate of drug-likeness (QED) is 0.628. The molecule has 0 aliphatic carbocycles. The molecule has 2 aliphatic rings. The van der Waals surface area contributed by atoms with Gasteiger partial charge >= 0.3 is 0 Å². The molecule has 3 aromatic heterocycles. The van der Waals surface area contributed by atoms with E-state index in [1.54, 1.807) is 10.9 Å². The highest BCUT2D eigenvalue weighted by Crippen LogP contribution is 2.26. The molecular formula is C23H28N6O2. The first-order chi connectivity index (χ1) is 15.2. The molecule has 1 saturated heterocycles. The van der Waals surface area contributed by atoms with Crippen LogP contribution in [0.3, 0.4) is 0 Å². The maximum atomic E-state index is 6.06. The van der Waals surface area contributed by atoms with Crippen molar-refractivity contribution in [3.8, 4) is 11.6 Å². The van der Waals surface area contributed by atoms with E-state index in [1.807, 2.05) is 32.2 Å². The van der Waals surface area contributed by atoms with Gasteiger partial charge in [0.25, 0.3) is 0 Å². The van der Waals surface area contributed by atoms with Crippen molar-refractivity contribution in [2.45, 2.75) is 52.3 Å². The zero-order valence-corrected chi connectivity index (χ0v) is 18.1. The summed E-state index contributed by atoms with van der Waals surface area (Å²) in [6, 6.07) is 6.67. The number of pyridine rings is 2. The number of hydrogen-bond acceptors (Lipinski definition) is 7. The van der Waals surface area contributed by atoms with Gasteiger partial charge in [0.05, 0.1) is 17.6 Å². The molecule has 8 heteroatoms. The maximum absolute atomic E-state index is 6.06. The van der Waals surface area contributed by atoms with E-state index in [4.69, 9.17) is 9.47 Å². The van der Waals surface area contributed by atoms with Crippen molar-refractivity contribution < 1.29 is 9.47 Å². The lowest BCUT2D eigenvalue weighted by Gasteiger charge is -2.37. The Morgan fingerprint density at radius 2 is 1.97 bits per heavy atom. The summed E-state index contributed by atoms with van der Waals surface area (Å²) in [5.41, 5.74) is 6.21. The Balaban J connectivity index is 1.27. The van der Waals surface area contributed by atoms with Gasteiger partial charge in [-0.05, 0) is 56.4 Å². The number of aryl methyl sites for hydroxylation is 2. The molecule has 0 saturated carbocycles. The molecule has 2 aliphatic heterocycles. The Kier molecular flexibility index (Phi) is 5.65. The Labute approximate surface area is 182 Å². The standard InChI is InChI=1S/C23H28N6O2/c1-16-3-4-21(13-24-16)29-22(17(2)26-27-29)15-31-23-11-18-5-8-28(14-19(18)12-25-23)20-6-9-30-10-7-20/h3-4,11-13,20H,5-10,14-15H2,1-2H3. The molecule has 5 heterocycles. The molecule has 162 valence electrons. The molecule has 31 heavy (non-hydrogen) atoms. The van der Waals surface area contributed by atoms with Crippen molar-refractivity contribution in [3.63, 3.8) is 0 Å². The third-order valence-electron chi connectivity index (χ3n) is 6.26. The first-order valence-corrected chi connectivity index (χ1v) is 10.9. The average molecular weight is 421 g/mol. The summed E-state index contributed by atoms with van der Waals surface area (Å²) in [6.07, 6.45) is 7.05. The predicted octanol–water partition coefficient (Wildman–Crippen LogP) is 2.79. The molecule has 0 aromatic carbocycles. The summed E-state index contributed by atoms with van der Waals surface area (Å²) in [5, 5.41) is 8.48. The second-order valence-corrected chi connectivity index (χ2v) is 8.34. The van der Waals surface area contributed by atoms with Crippen molar-refractivity contribution in [1.82, 2.24) is 29.9 Å². The van der Waals surface area contributed by atoms with E-state index in [9.17, 15) is 0 Å². The first-order valence-electron chi connectivity index (χ1n) is 10.9. The van der Waals surface area contributed by atoms with Crippen LogP contribution in [0.1, 0.15) is 41.1 Å². The van der Waals surface area contributed by atoms with Gasteiger partial charge in [0, 0.05) is 50.3 Å². The predicted molar refractivity (Wildman–Crippen MR) is 115 cm³/mol. The topological polar surface area (TPSA) is 78.2 Å². The van der Waals surface area contributed by atoms with E-state index in [0.29, 0.717) is 18.5 Å². The summed E-state index contributed by atoms with van der Waals surface area (Å²) < 4.78 is 13.4. The van der Waals surface area contributed by atoms with Crippen LogP contribution in [0.15, 0.2) is 30.6 Å². The van der Waals surface area contributed by atoms with Crippen molar-refractivity contribution in [2.75, 3.05) is 19.8 Å². The molecule has 0 unspecified atom stereocenters. The number of fused-ring (bicyclic) bond motifs is 1. The lowest BCUT2D eigenvalue weighted by molar-refractivity contribution is 0.0289. The number of rotatable bonds is 5. The van der Waals surface area contributed by atoms with Crippen molar-refractivity contribution in [3.05, 3.63) is 58.8 Å². The zero-order chi connectivity index (χ0) is 21.2. The molecular weight excluding hydrogens is 392 g/mol. The van der Waals surface area contributed by atoms with Crippen LogP contribution in [0.5, 0.6) is 5.88 Å². The zero-order valence-electron chi connectivity index (χ0n) is 18.1. The second kappa shape index (κ2) is 8.72. The first kappa shape index (κ1) is 20.1. The van der Waals surface area contributed by atoms with Gasteiger partial charge in [-0.2, -0.15) is 0 Å². The number of nitrogens with zero attached hydrogens (tertiary/aromatic N) is 6. The van der Waals surface area contributed by atoms with Gasteiger partial charge in [0.15, 0.2) is 0 Å². The van der Waals surface area contributed by atoms with E-state index in [2.05, 4.69) is 31.2 Å². The fraction of sp³-hybridized carbons (Fsp3) is 0.478. The maximum Gasteiger partial charge on any atom is 0.213 e. The Morgan fingerprint density at radius 1 is 1.10 bits per heavy atom. The van der Waals surface area contributed by atoms with Crippen LogP contribution >= 0.6 is 0 Å². The van der Waals surface area contributed by atoms with Crippen LogP contribution in [0, 0.1) is 13.8 Å². The molecule has 3 aromatic rings. The minimum absolute atomic E-state index is 0.354. The third kappa shape index (κ3) is 4.31. The molecule has 8 nitrogen and oxygen atoms in total. The highest BCUT2D eigenvalue weighted by atomic mass is 16.5. The van der Waals surface area contributed by atoms with Crippen LogP contribution < -0.4 is 4.74 Å². The minimum atomic E-state index is 0.354. The fourth-order valence-corrected chi connectivity index (χ4v) is 4.36.